The number of benzene rings is 14. The summed E-state index contributed by atoms with van der Waals surface area (Å²) < 4.78 is 9.31. The molecule has 5 aromatic heterocycles. The maximum Gasteiger partial charge on any atom is 0.489 e. The zero-order chi connectivity index (χ0) is 70.0. The van der Waals surface area contributed by atoms with Crippen molar-refractivity contribution in [1.29, 1.82) is 0 Å². The molecule has 0 bridgehead atoms. The standard InChI is InChI=1S/C52H32N2S2.C28H18Br2N2.C12H9BO2S/c1-3-13-33(14-4-1)34-25-27-35(28-26-34)46-32-47(54-52(53-46)36-15-5-2-6-16-36)39-30-37(40-19-11-21-44-42-17-7-9-23-48(42)55-50(40)44)29-38(31-39)41-20-12-22-45-43-18-8-10-24-49(43)56-51(41)45;29-24-15-23(16-25(30)17-24)27-18-26(31-28(32-27)22-9-5-2-6-10-22)21-13-11-20(12-14-21)19-7-3-1-4-8-19;14-13(15)10-6-3-5-9-8-4-1-2-7-11(8)16-12(9)10/h1-32H;1-18H;1-7,14-15H. The van der Waals surface area contributed by atoms with Crippen LogP contribution in [0.2, 0.25) is 0 Å². The number of fused-ring (bicyclic) bond motifs is 9. The second-order valence-electron chi connectivity index (χ2n) is 25.3. The van der Waals surface area contributed by atoms with Crippen LogP contribution in [0.5, 0.6) is 0 Å². The van der Waals surface area contributed by atoms with Crippen molar-refractivity contribution >= 4 is 139 Å². The van der Waals surface area contributed by atoms with E-state index in [0.29, 0.717) is 17.1 Å². The molecule has 0 saturated carbocycles. The fourth-order valence-corrected chi connectivity index (χ4v) is 18.6. The van der Waals surface area contributed by atoms with Crippen LogP contribution in [0, 0.1) is 0 Å². The quantitative estimate of drug-likeness (QED) is 0.125. The van der Waals surface area contributed by atoms with Crippen LogP contribution in [0.3, 0.4) is 0 Å². The first-order chi connectivity index (χ1) is 51.2. The third-order valence-corrected chi connectivity index (χ3v) is 23.2. The first-order valence-corrected chi connectivity index (χ1v) is 38.1. The molecule has 2 N–H and O–H groups in total. The Balaban J connectivity index is 0.000000139. The van der Waals surface area contributed by atoms with Crippen LogP contribution in [0.4, 0.5) is 0 Å². The monoisotopic (exact) mass is 1520 g/mol. The zero-order valence-corrected chi connectivity index (χ0v) is 61.3. The van der Waals surface area contributed by atoms with Crippen molar-refractivity contribution in [2.45, 2.75) is 0 Å². The van der Waals surface area contributed by atoms with E-state index in [9.17, 15) is 10.0 Å². The molecule has 6 nitrogen and oxygen atoms in total. The Kier molecular flexibility index (Phi) is 18.6. The number of hydrogen-bond donors (Lipinski definition) is 2. The highest BCUT2D eigenvalue weighted by molar-refractivity contribution is 9.11. The first kappa shape index (κ1) is 66.1. The number of nitrogens with zero attached hydrogens (tertiary/aromatic N) is 4. The lowest BCUT2D eigenvalue weighted by Crippen LogP contribution is -2.29. The van der Waals surface area contributed by atoms with Crippen LogP contribution in [0.15, 0.2) is 355 Å². The number of rotatable bonds is 11. The molecular weight excluding hydrogens is 1460 g/mol. The molecule has 12 heteroatoms. The number of aromatic nitrogens is 4. The molecule has 0 radical (unpaired) electrons. The van der Waals surface area contributed by atoms with Gasteiger partial charge in [-0.05, 0) is 122 Å². The smallest absolute Gasteiger partial charge is 0.423 e. The maximum absolute atomic E-state index is 9.31. The minimum absolute atomic E-state index is 0.582. The summed E-state index contributed by atoms with van der Waals surface area (Å²) in [5, 5.41) is 26.1. The summed E-state index contributed by atoms with van der Waals surface area (Å²) >= 11 is 12.5. The van der Waals surface area contributed by atoms with Crippen molar-refractivity contribution in [3.8, 4) is 112 Å². The van der Waals surface area contributed by atoms with E-state index >= 15 is 0 Å². The average molecular weight is 1520 g/mol. The summed E-state index contributed by atoms with van der Waals surface area (Å²) in [6, 6.07) is 121. The van der Waals surface area contributed by atoms with Gasteiger partial charge in [-0.1, -0.05) is 311 Å². The lowest BCUT2D eigenvalue weighted by atomic mass is 9.80. The lowest BCUT2D eigenvalue weighted by Gasteiger charge is -2.14. The number of thiophene rings is 3. The van der Waals surface area contributed by atoms with Crippen LogP contribution >= 0.6 is 65.9 Å². The van der Waals surface area contributed by atoms with Crippen molar-refractivity contribution < 1.29 is 10.0 Å². The van der Waals surface area contributed by atoms with Gasteiger partial charge in [0.2, 0.25) is 0 Å². The molecule has 0 atom stereocenters. The second kappa shape index (κ2) is 29.3. The molecular formula is C92H59BBr2N4O2S3. The first-order valence-electron chi connectivity index (χ1n) is 34.1. The number of hydrogen-bond acceptors (Lipinski definition) is 9. The summed E-state index contributed by atoms with van der Waals surface area (Å²) in [7, 11) is -1.41. The summed E-state index contributed by atoms with van der Waals surface area (Å²) in [5.41, 5.74) is 19.8. The Hall–Kier alpha value is -11.2. The molecule has 0 spiro atoms. The fourth-order valence-electron chi connectivity index (χ4n) is 13.6. The van der Waals surface area contributed by atoms with E-state index in [2.05, 4.69) is 293 Å². The molecule has 5 heterocycles. The predicted octanol–water partition coefficient (Wildman–Crippen LogP) is 25.6. The minimum atomic E-state index is -1.41. The molecule has 0 unspecified atom stereocenters. The van der Waals surface area contributed by atoms with Gasteiger partial charge >= 0.3 is 7.12 Å². The second-order valence-corrected chi connectivity index (χ2v) is 30.2. The molecule has 0 aliphatic rings. The molecule has 104 heavy (non-hydrogen) atoms. The third-order valence-electron chi connectivity index (χ3n) is 18.6. The Morgan fingerprint density at radius 2 is 0.529 bits per heavy atom. The van der Waals surface area contributed by atoms with Crippen molar-refractivity contribution in [2.75, 3.05) is 0 Å². The lowest BCUT2D eigenvalue weighted by molar-refractivity contribution is 0.426. The highest BCUT2D eigenvalue weighted by atomic mass is 79.9. The van der Waals surface area contributed by atoms with Gasteiger partial charge in [0.05, 0.1) is 22.8 Å². The molecule has 0 aliphatic heterocycles. The topological polar surface area (TPSA) is 92.0 Å². The molecule has 14 aromatic carbocycles. The third kappa shape index (κ3) is 13.6. The normalized spacial score (nSPS) is 11.3. The summed E-state index contributed by atoms with van der Waals surface area (Å²) in [6.07, 6.45) is 0. The van der Waals surface area contributed by atoms with Crippen molar-refractivity contribution in [3.05, 3.63) is 355 Å². The predicted molar refractivity (Wildman–Crippen MR) is 449 cm³/mol. The molecule has 19 aromatic rings. The van der Waals surface area contributed by atoms with E-state index in [1.807, 2.05) is 102 Å². The average Bonchev–Trinajstić information content (AvgIpc) is 1.43. The van der Waals surface area contributed by atoms with Gasteiger partial charge in [0.15, 0.2) is 11.6 Å². The summed E-state index contributed by atoms with van der Waals surface area (Å²) in [4.78, 5) is 20.3. The van der Waals surface area contributed by atoms with Gasteiger partial charge in [0.1, 0.15) is 0 Å². The van der Waals surface area contributed by atoms with E-state index in [4.69, 9.17) is 19.9 Å². The van der Waals surface area contributed by atoms with Gasteiger partial charge < -0.3 is 10.0 Å². The van der Waals surface area contributed by atoms with E-state index in [0.717, 1.165) is 75.2 Å². The Labute approximate surface area is 630 Å². The zero-order valence-electron chi connectivity index (χ0n) is 55.7. The van der Waals surface area contributed by atoms with Gasteiger partial charge in [-0.2, -0.15) is 0 Å². The highest BCUT2D eigenvalue weighted by Gasteiger charge is 2.21. The fraction of sp³-hybridized carbons (Fsp3) is 0. The van der Waals surface area contributed by atoms with Gasteiger partial charge in [0.25, 0.3) is 0 Å². The van der Waals surface area contributed by atoms with E-state index < -0.39 is 7.12 Å². The van der Waals surface area contributed by atoms with Crippen molar-refractivity contribution in [2.24, 2.45) is 0 Å². The van der Waals surface area contributed by atoms with Gasteiger partial charge in [-0.3, -0.25) is 0 Å². The Morgan fingerprint density at radius 1 is 0.231 bits per heavy atom. The van der Waals surface area contributed by atoms with Crippen LogP contribution in [-0.2, 0) is 0 Å². The highest BCUT2D eigenvalue weighted by Crippen LogP contribution is 2.46. The van der Waals surface area contributed by atoms with E-state index in [1.54, 1.807) is 17.4 Å². The van der Waals surface area contributed by atoms with Crippen LogP contribution < -0.4 is 5.46 Å². The minimum Gasteiger partial charge on any atom is -0.423 e. The maximum atomic E-state index is 9.31. The van der Waals surface area contributed by atoms with Crippen LogP contribution in [0.25, 0.3) is 173 Å². The van der Waals surface area contributed by atoms with Crippen molar-refractivity contribution in [3.63, 3.8) is 0 Å². The van der Waals surface area contributed by atoms with Gasteiger partial charge in [-0.25, -0.2) is 19.9 Å². The number of halogens is 2. The largest absolute Gasteiger partial charge is 0.489 e. The summed E-state index contributed by atoms with van der Waals surface area (Å²) in [6.45, 7) is 0. The van der Waals surface area contributed by atoms with E-state index in [-0.39, 0.29) is 0 Å². The Morgan fingerprint density at radius 3 is 0.933 bits per heavy atom. The molecule has 0 aliphatic carbocycles. The molecule has 0 saturated heterocycles. The summed E-state index contributed by atoms with van der Waals surface area (Å²) in [5.74, 6) is 1.41. The molecule has 19 rings (SSSR count). The van der Waals surface area contributed by atoms with Crippen LogP contribution in [0.1, 0.15) is 0 Å². The van der Waals surface area contributed by atoms with Crippen LogP contribution in [-0.4, -0.2) is 37.1 Å². The van der Waals surface area contributed by atoms with Gasteiger partial charge in [-0.15, -0.1) is 34.0 Å². The SMILES string of the molecule is Brc1cc(Br)cc(-c2cc(-c3ccc(-c4ccccc4)cc3)nc(-c3ccccc3)n2)c1.OB(O)c1cccc2c1sc1ccccc12.c1ccc(-c2ccc(-c3cc(-c4cc(-c5cccc6c5sc5ccccc56)cc(-c5cccc6c5sc5ccccc56)c4)nc(-c4ccccc4)n3)cc2)cc1. The van der Waals surface area contributed by atoms with E-state index in [1.165, 1.54) is 94.9 Å². The van der Waals surface area contributed by atoms with Gasteiger partial charge in [0, 0.05) is 97.5 Å². The molecule has 0 amide bonds. The molecule has 0 fully saturated rings. The van der Waals surface area contributed by atoms with Crippen molar-refractivity contribution in [1.82, 2.24) is 19.9 Å². The molecule has 494 valence electrons. The Bertz CT molecular complexity index is 6200.